The Hall–Kier alpha value is -4.20. The Morgan fingerprint density at radius 2 is 1.98 bits per heavy atom. The van der Waals surface area contributed by atoms with Gasteiger partial charge in [0.05, 0.1) is 23.8 Å². The Morgan fingerprint density at radius 3 is 2.66 bits per heavy atom. The van der Waals surface area contributed by atoms with Gasteiger partial charge in [-0.3, -0.25) is 4.79 Å². The first-order valence-corrected chi connectivity index (χ1v) is 13.0. The summed E-state index contributed by atoms with van der Waals surface area (Å²) < 4.78 is 64.5. The third kappa shape index (κ3) is 5.82. The number of fused-ring (bicyclic) bond motifs is 1. The van der Waals surface area contributed by atoms with Crippen molar-refractivity contribution in [1.82, 2.24) is 34.7 Å². The molecule has 218 valence electrons. The first-order valence-electron chi connectivity index (χ1n) is 13.0. The van der Waals surface area contributed by atoms with Gasteiger partial charge in [-0.1, -0.05) is 12.1 Å². The summed E-state index contributed by atoms with van der Waals surface area (Å²) >= 11 is 0. The van der Waals surface area contributed by atoms with Crippen molar-refractivity contribution in [2.45, 2.75) is 51.5 Å². The molecule has 2 atom stereocenters. The van der Waals surface area contributed by atoms with Crippen molar-refractivity contribution in [2.24, 2.45) is 0 Å². The Morgan fingerprint density at radius 1 is 1.20 bits per heavy atom. The van der Waals surface area contributed by atoms with Crippen molar-refractivity contribution in [2.75, 3.05) is 25.5 Å². The van der Waals surface area contributed by atoms with Crippen molar-refractivity contribution in [3.63, 3.8) is 0 Å². The van der Waals surface area contributed by atoms with Crippen LogP contribution in [0.5, 0.6) is 0 Å². The van der Waals surface area contributed by atoms with E-state index in [0.29, 0.717) is 24.2 Å². The number of aromatic nitrogens is 5. The van der Waals surface area contributed by atoms with Crippen LogP contribution in [0.3, 0.4) is 0 Å². The zero-order valence-corrected chi connectivity index (χ0v) is 23.0. The Labute approximate surface area is 233 Å². The lowest BCUT2D eigenvalue weighted by molar-refractivity contribution is 0.0946. The smallest absolute Gasteiger partial charge is 0.308 e. The molecular weight excluding hydrogens is 544 g/mol. The molecule has 1 aromatic carbocycles. The zero-order valence-electron chi connectivity index (χ0n) is 23.0. The van der Waals surface area contributed by atoms with Crippen molar-refractivity contribution >= 4 is 28.3 Å². The summed E-state index contributed by atoms with van der Waals surface area (Å²) in [5.41, 5.74) is 0.122. The summed E-state index contributed by atoms with van der Waals surface area (Å²) in [6, 6.07) is 5.71. The van der Waals surface area contributed by atoms with Gasteiger partial charge in [-0.25, -0.2) is 4.39 Å². The van der Waals surface area contributed by atoms with Gasteiger partial charge in [0.1, 0.15) is 17.4 Å². The molecule has 10 nitrogen and oxygen atoms in total. The number of hydrogen-bond donors (Lipinski definition) is 2. The van der Waals surface area contributed by atoms with Crippen LogP contribution >= 0.6 is 0 Å². The molecule has 4 aromatic rings. The lowest BCUT2D eigenvalue weighted by Gasteiger charge is -2.33. The fraction of sp³-hybridized carbons (Fsp3) is 0.407. The molecule has 1 amide bonds. The van der Waals surface area contributed by atoms with E-state index in [1.165, 1.54) is 12.1 Å². The minimum Gasteiger partial charge on any atom is -0.377 e. The monoisotopic (exact) mass is 574 g/mol. The predicted molar refractivity (Wildman–Crippen MR) is 144 cm³/mol. The molecule has 4 heterocycles. The van der Waals surface area contributed by atoms with Crippen LogP contribution in [0.4, 0.5) is 23.2 Å². The third-order valence-corrected chi connectivity index (χ3v) is 6.94. The fourth-order valence-corrected chi connectivity index (χ4v) is 4.70. The van der Waals surface area contributed by atoms with E-state index in [1.807, 2.05) is 37.3 Å². The van der Waals surface area contributed by atoms with Crippen molar-refractivity contribution < 1.29 is 26.9 Å². The molecule has 1 saturated heterocycles. The molecule has 41 heavy (non-hydrogen) atoms. The minimum atomic E-state index is -2.55. The Kier molecular flexibility index (Phi) is 7.60. The maximum absolute atomic E-state index is 14.8. The van der Waals surface area contributed by atoms with Crippen molar-refractivity contribution in [1.29, 1.82) is 0 Å². The molecule has 0 saturated carbocycles. The molecule has 3 aromatic heterocycles. The van der Waals surface area contributed by atoms with Gasteiger partial charge in [0.25, 0.3) is 11.9 Å². The van der Waals surface area contributed by atoms with Crippen LogP contribution in [0.15, 0.2) is 47.3 Å². The lowest BCUT2D eigenvalue weighted by Crippen LogP contribution is -2.46. The highest BCUT2D eigenvalue weighted by molar-refractivity contribution is 5.97. The molecule has 14 heteroatoms. The van der Waals surface area contributed by atoms with Gasteiger partial charge in [-0.15, -0.1) is 0 Å². The number of anilines is 1. The highest BCUT2D eigenvalue weighted by atomic mass is 19.3. The van der Waals surface area contributed by atoms with Crippen LogP contribution in [0.25, 0.3) is 22.7 Å². The second kappa shape index (κ2) is 11.0. The highest BCUT2D eigenvalue weighted by Gasteiger charge is 2.30. The summed E-state index contributed by atoms with van der Waals surface area (Å²) in [6.45, 7) is 6.74. The number of hydrogen-bond acceptors (Lipinski definition) is 7. The van der Waals surface area contributed by atoms with Gasteiger partial charge in [-0.2, -0.15) is 27.9 Å². The number of halogens is 4. The van der Waals surface area contributed by atoms with Crippen LogP contribution in [0.1, 0.15) is 49.1 Å². The summed E-state index contributed by atoms with van der Waals surface area (Å²) in [5, 5.41) is 13.9. The summed E-state index contributed by atoms with van der Waals surface area (Å²) in [6.07, 6.45) is 0.282. The number of carbonyl (C=O) groups excluding carboxylic acids is 1. The SMILES string of the molecule is CN1CC[C@@H](Nc2cccc3c(C(F)=C(F)F)n(-c4noc(CNC(=O)c5ccn(C(C)(C)C)c5)n4)nc23)[C@@H](F)C1. The highest BCUT2D eigenvalue weighted by Crippen LogP contribution is 2.35. The molecule has 5 rings (SSSR count). The predicted octanol–water partition coefficient (Wildman–Crippen LogP) is 4.88. The molecule has 2 N–H and O–H groups in total. The van der Waals surface area contributed by atoms with Crippen LogP contribution in [0, 0.1) is 0 Å². The van der Waals surface area contributed by atoms with E-state index >= 15 is 0 Å². The molecule has 0 unspecified atom stereocenters. The largest absolute Gasteiger partial charge is 0.377 e. The van der Waals surface area contributed by atoms with Gasteiger partial charge >= 0.3 is 6.08 Å². The fourth-order valence-electron chi connectivity index (χ4n) is 4.70. The van der Waals surface area contributed by atoms with Crippen LogP contribution < -0.4 is 10.6 Å². The van der Waals surface area contributed by atoms with Crippen LogP contribution in [-0.4, -0.2) is 67.6 Å². The maximum atomic E-state index is 14.8. The number of rotatable bonds is 7. The topological polar surface area (TPSA) is 106 Å². The van der Waals surface area contributed by atoms with Crippen LogP contribution in [-0.2, 0) is 12.1 Å². The molecule has 1 fully saturated rings. The number of benzene rings is 1. The average molecular weight is 575 g/mol. The van der Waals surface area contributed by atoms with E-state index in [4.69, 9.17) is 4.52 Å². The number of carbonyl (C=O) groups is 1. The molecule has 0 aliphatic carbocycles. The molecule has 0 radical (unpaired) electrons. The van der Waals surface area contributed by atoms with E-state index in [0.717, 1.165) is 4.68 Å². The van der Waals surface area contributed by atoms with Gasteiger partial charge in [0, 0.05) is 36.4 Å². The maximum Gasteiger partial charge on any atom is 0.308 e. The van der Waals surface area contributed by atoms with E-state index in [2.05, 4.69) is 25.9 Å². The zero-order chi connectivity index (χ0) is 29.5. The minimum absolute atomic E-state index is 0.0478. The van der Waals surface area contributed by atoms with Gasteiger partial charge in [0.15, 0.2) is 0 Å². The molecule has 0 bridgehead atoms. The standard InChI is InChI=1S/C27H30F4N8O2/c1-27(2,3)38-11-8-15(13-38)25(40)32-12-20-34-26(36-41-20)39-23(21(29)24(30)31)16-6-5-7-19(22(16)35-39)33-18-9-10-37(4)14-17(18)28/h5-8,11,13,17-18,33H,9-10,12,14H2,1-4H3,(H,32,40)/t17-,18+/m0/s1. The molecule has 1 aliphatic heterocycles. The van der Waals surface area contributed by atoms with E-state index < -0.39 is 29.8 Å². The number of piperidine rings is 1. The molecule has 1 aliphatic rings. The average Bonchev–Trinajstić information content (AvgIpc) is 3.66. The van der Waals surface area contributed by atoms with E-state index in [9.17, 15) is 22.4 Å². The summed E-state index contributed by atoms with van der Waals surface area (Å²) in [4.78, 5) is 18.6. The number of likely N-dealkylation sites (tertiary alicyclic amines) is 1. The van der Waals surface area contributed by atoms with Gasteiger partial charge < -0.3 is 24.6 Å². The van der Waals surface area contributed by atoms with E-state index in [1.54, 1.807) is 24.5 Å². The summed E-state index contributed by atoms with van der Waals surface area (Å²) in [7, 11) is 1.83. The number of nitrogens with zero attached hydrogens (tertiary/aromatic N) is 6. The van der Waals surface area contributed by atoms with Crippen LogP contribution in [0.2, 0.25) is 0 Å². The third-order valence-electron chi connectivity index (χ3n) is 6.94. The van der Waals surface area contributed by atoms with Crippen molar-refractivity contribution in [3.8, 4) is 5.95 Å². The first-order chi connectivity index (χ1) is 19.4. The van der Waals surface area contributed by atoms with Gasteiger partial charge in [0.2, 0.25) is 11.7 Å². The number of alkyl halides is 1. The second-order valence-corrected chi connectivity index (χ2v) is 11.0. The Bertz CT molecular complexity index is 1600. The number of amides is 1. The quantitative estimate of drug-likeness (QED) is 0.303. The van der Waals surface area contributed by atoms with Gasteiger partial charge in [-0.05, 0) is 51.5 Å². The Balaban J connectivity index is 1.42. The second-order valence-electron chi connectivity index (χ2n) is 11.0. The normalized spacial score (nSPS) is 18.0. The van der Waals surface area contributed by atoms with Crippen molar-refractivity contribution in [3.05, 3.63) is 59.9 Å². The molecule has 0 spiro atoms. The summed E-state index contributed by atoms with van der Waals surface area (Å²) in [5.74, 6) is -2.56. The first kappa shape index (κ1) is 28.3. The number of nitrogens with one attached hydrogen (secondary N) is 2. The van der Waals surface area contributed by atoms with E-state index in [-0.39, 0.29) is 47.3 Å². The lowest BCUT2D eigenvalue weighted by atomic mass is 10.0. The molecular formula is C27H30F4N8O2.